The molecule has 0 saturated heterocycles. The van der Waals surface area contributed by atoms with E-state index in [0.29, 0.717) is 12.1 Å². The second kappa shape index (κ2) is 7.59. The van der Waals surface area contributed by atoms with Gasteiger partial charge in [0.1, 0.15) is 0 Å². The third kappa shape index (κ3) is 4.43. The molecule has 0 aliphatic rings. The molecule has 0 spiro atoms. The Balaban J connectivity index is 1.86. The SMILES string of the molecule is CCN(CC)Cc1ccc(CNC(=O)c2cn[nH]c2)cc1. The van der Waals surface area contributed by atoms with Crippen molar-refractivity contribution >= 4 is 5.91 Å². The number of hydrogen-bond acceptors (Lipinski definition) is 3. The third-order valence-corrected chi connectivity index (χ3v) is 3.54. The molecule has 1 aromatic carbocycles. The van der Waals surface area contributed by atoms with Crippen LogP contribution in [0.2, 0.25) is 0 Å². The van der Waals surface area contributed by atoms with Gasteiger partial charge in [-0.1, -0.05) is 38.1 Å². The van der Waals surface area contributed by atoms with Crippen LogP contribution in [0.15, 0.2) is 36.7 Å². The Hall–Kier alpha value is -2.14. The number of carbonyl (C=O) groups excluding carboxylic acids is 1. The fourth-order valence-corrected chi connectivity index (χ4v) is 2.13. The van der Waals surface area contributed by atoms with Gasteiger partial charge in [-0.15, -0.1) is 0 Å². The van der Waals surface area contributed by atoms with Crippen molar-refractivity contribution in [2.75, 3.05) is 13.1 Å². The van der Waals surface area contributed by atoms with Gasteiger partial charge in [-0.05, 0) is 24.2 Å². The summed E-state index contributed by atoms with van der Waals surface area (Å²) in [6.07, 6.45) is 3.10. The lowest BCUT2D eigenvalue weighted by molar-refractivity contribution is 0.0951. The van der Waals surface area contributed by atoms with Crippen LogP contribution in [0.1, 0.15) is 35.3 Å². The van der Waals surface area contributed by atoms with Crippen molar-refractivity contribution in [2.24, 2.45) is 0 Å². The first-order valence-corrected chi connectivity index (χ1v) is 7.30. The molecule has 1 heterocycles. The lowest BCUT2D eigenvalue weighted by Gasteiger charge is -2.18. The number of amides is 1. The van der Waals surface area contributed by atoms with Crippen LogP contribution in [0.3, 0.4) is 0 Å². The minimum absolute atomic E-state index is 0.115. The zero-order chi connectivity index (χ0) is 15.1. The van der Waals surface area contributed by atoms with Gasteiger partial charge in [0.25, 0.3) is 5.91 Å². The fourth-order valence-electron chi connectivity index (χ4n) is 2.13. The minimum atomic E-state index is -0.115. The summed E-state index contributed by atoms with van der Waals surface area (Å²) in [4.78, 5) is 14.2. The molecule has 1 aromatic heterocycles. The van der Waals surface area contributed by atoms with Crippen LogP contribution in [-0.4, -0.2) is 34.1 Å². The number of H-pyrrole nitrogens is 1. The van der Waals surface area contributed by atoms with Crippen LogP contribution in [0.5, 0.6) is 0 Å². The zero-order valence-corrected chi connectivity index (χ0v) is 12.6. The number of rotatable bonds is 7. The van der Waals surface area contributed by atoms with Crippen molar-refractivity contribution in [2.45, 2.75) is 26.9 Å². The number of carbonyl (C=O) groups is 1. The smallest absolute Gasteiger partial charge is 0.254 e. The summed E-state index contributed by atoms with van der Waals surface area (Å²) in [5, 5.41) is 9.27. The predicted octanol–water partition coefficient (Wildman–Crippen LogP) is 2.18. The van der Waals surface area contributed by atoms with Gasteiger partial charge in [-0.2, -0.15) is 5.10 Å². The van der Waals surface area contributed by atoms with Gasteiger partial charge >= 0.3 is 0 Å². The van der Waals surface area contributed by atoms with Crippen LogP contribution in [-0.2, 0) is 13.1 Å². The van der Waals surface area contributed by atoms with E-state index in [2.05, 4.69) is 58.5 Å². The largest absolute Gasteiger partial charge is 0.348 e. The van der Waals surface area contributed by atoms with E-state index in [1.54, 1.807) is 6.20 Å². The number of nitrogens with zero attached hydrogens (tertiary/aromatic N) is 2. The lowest BCUT2D eigenvalue weighted by Crippen LogP contribution is -2.23. The number of aromatic amines is 1. The summed E-state index contributed by atoms with van der Waals surface area (Å²) in [7, 11) is 0. The van der Waals surface area contributed by atoms with Crippen molar-refractivity contribution < 1.29 is 4.79 Å². The molecule has 5 heteroatoms. The van der Waals surface area contributed by atoms with E-state index in [-0.39, 0.29) is 5.91 Å². The molecular weight excluding hydrogens is 264 g/mol. The summed E-state index contributed by atoms with van der Waals surface area (Å²) >= 11 is 0. The first-order chi connectivity index (χ1) is 10.2. The van der Waals surface area contributed by atoms with Crippen LogP contribution in [0.4, 0.5) is 0 Å². The molecule has 0 unspecified atom stereocenters. The highest BCUT2D eigenvalue weighted by Crippen LogP contribution is 2.08. The zero-order valence-electron chi connectivity index (χ0n) is 12.6. The average Bonchev–Trinajstić information content (AvgIpc) is 3.06. The molecule has 2 aromatic rings. The summed E-state index contributed by atoms with van der Waals surface area (Å²) < 4.78 is 0. The second-order valence-corrected chi connectivity index (χ2v) is 4.95. The third-order valence-electron chi connectivity index (χ3n) is 3.54. The number of hydrogen-bond donors (Lipinski definition) is 2. The molecule has 0 atom stereocenters. The molecule has 1 amide bonds. The molecule has 2 N–H and O–H groups in total. The predicted molar refractivity (Wildman–Crippen MR) is 82.8 cm³/mol. The molecule has 112 valence electrons. The maximum absolute atomic E-state index is 11.8. The van der Waals surface area contributed by atoms with Crippen LogP contribution in [0.25, 0.3) is 0 Å². The fraction of sp³-hybridized carbons (Fsp3) is 0.375. The van der Waals surface area contributed by atoms with Crippen molar-refractivity contribution in [3.63, 3.8) is 0 Å². The molecule has 0 aliphatic heterocycles. The van der Waals surface area contributed by atoms with Crippen LogP contribution >= 0.6 is 0 Å². The van der Waals surface area contributed by atoms with Crippen LogP contribution in [0, 0.1) is 0 Å². The maximum Gasteiger partial charge on any atom is 0.254 e. The average molecular weight is 286 g/mol. The van der Waals surface area contributed by atoms with E-state index in [1.165, 1.54) is 11.8 Å². The Bertz CT molecular complexity index is 544. The van der Waals surface area contributed by atoms with Gasteiger partial charge in [0.05, 0.1) is 11.8 Å². The van der Waals surface area contributed by atoms with E-state index < -0.39 is 0 Å². The number of aromatic nitrogens is 2. The van der Waals surface area contributed by atoms with E-state index >= 15 is 0 Å². The highest BCUT2D eigenvalue weighted by Gasteiger charge is 2.06. The Morgan fingerprint density at radius 1 is 1.19 bits per heavy atom. The Labute approximate surface area is 125 Å². The Morgan fingerprint density at radius 3 is 2.43 bits per heavy atom. The molecule has 0 radical (unpaired) electrons. The molecule has 5 nitrogen and oxygen atoms in total. The van der Waals surface area contributed by atoms with E-state index in [1.807, 2.05) is 0 Å². The molecule has 0 bridgehead atoms. The quantitative estimate of drug-likeness (QED) is 0.820. The highest BCUT2D eigenvalue weighted by atomic mass is 16.1. The van der Waals surface area contributed by atoms with Crippen molar-refractivity contribution in [3.05, 3.63) is 53.3 Å². The first-order valence-electron chi connectivity index (χ1n) is 7.30. The molecule has 0 fully saturated rings. The van der Waals surface area contributed by atoms with Crippen molar-refractivity contribution in [1.82, 2.24) is 20.4 Å². The molecule has 2 rings (SSSR count). The van der Waals surface area contributed by atoms with E-state index in [9.17, 15) is 4.79 Å². The standard InChI is InChI=1S/C16H22N4O/c1-3-20(4-2)12-14-7-5-13(6-8-14)9-17-16(21)15-10-18-19-11-15/h5-8,10-11H,3-4,9,12H2,1-2H3,(H,17,21)(H,18,19). The summed E-state index contributed by atoms with van der Waals surface area (Å²) in [5.41, 5.74) is 2.94. The summed E-state index contributed by atoms with van der Waals surface area (Å²) in [5.74, 6) is -0.115. The minimum Gasteiger partial charge on any atom is -0.348 e. The van der Waals surface area contributed by atoms with E-state index in [0.717, 1.165) is 25.2 Å². The topological polar surface area (TPSA) is 61.0 Å². The molecule has 0 saturated carbocycles. The highest BCUT2D eigenvalue weighted by molar-refractivity contribution is 5.93. The van der Waals surface area contributed by atoms with Crippen LogP contribution < -0.4 is 5.32 Å². The summed E-state index contributed by atoms with van der Waals surface area (Å²) in [6, 6.07) is 8.37. The normalized spacial score (nSPS) is 10.8. The second-order valence-electron chi connectivity index (χ2n) is 4.95. The van der Waals surface area contributed by atoms with Gasteiger partial charge in [-0.25, -0.2) is 0 Å². The van der Waals surface area contributed by atoms with Gasteiger partial charge in [-0.3, -0.25) is 14.8 Å². The van der Waals surface area contributed by atoms with Gasteiger partial charge in [0.15, 0.2) is 0 Å². The van der Waals surface area contributed by atoms with Crippen molar-refractivity contribution in [1.29, 1.82) is 0 Å². The first kappa shape index (κ1) is 15.3. The number of nitrogens with one attached hydrogen (secondary N) is 2. The molecule has 0 aliphatic carbocycles. The Kier molecular flexibility index (Phi) is 5.51. The molecule has 21 heavy (non-hydrogen) atoms. The van der Waals surface area contributed by atoms with Crippen molar-refractivity contribution in [3.8, 4) is 0 Å². The summed E-state index contributed by atoms with van der Waals surface area (Å²) in [6.45, 7) is 7.94. The van der Waals surface area contributed by atoms with E-state index in [4.69, 9.17) is 0 Å². The maximum atomic E-state index is 11.8. The number of benzene rings is 1. The molecular formula is C16H22N4O. The Morgan fingerprint density at radius 2 is 1.86 bits per heavy atom. The van der Waals surface area contributed by atoms with Gasteiger partial charge < -0.3 is 5.32 Å². The lowest BCUT2D eigenvalue weighted by atomic mass is 10.1. The monoisotopic (exact) mass is 286 g/mol. The van der Waals surface area contributed by atoms with Gasteiger partial charge in [0.2, 0.25) is 0 Å². The van der Waals surface area contributed by atoms with Gasteiger partial charge in [0, 0.05) is 19.3 Å².